The van der Waals surface area contributed by atoms with Gasteiger partial charge in [-0.3, -0.25) is 9.59 Å². The lowest BCUT2D eigenvalue weighted by molar-refractivity contribution is -0.135. The maximum atomic E-state index is 13.5. The number of nitrogens with zero attached hydrogens (tertiary/aromatic N) is 1. The molecular formula is C28H27N3O5. The lowest BCUT2D eigenvalue weighted by Gasteiger charge is -2.23. The summed E-state index contributed by atoms with van der Waals surface area (Å²) in [6, 6.07) is 14.7. The average molecular weight is 486 g/mol. The fourth-order valence-corrected chi connectivity index (χ4v) is 5.82. The van der Waals surface area contributed by atoms with Crippen molar-refractivity contribution in [1.82, 2.24) is 9.88 Å². The van der Waals surface area contributed by atoms with E-state index in [9.17, 15) is 14.4 Å². The zero-order valence-corrected chi connectivity index (χ0v) is 19.9. The molecule has 8 heteroatoms. The number of fused-ring (bicyclic) bond motifs is 2. The highest BCUT2D eigenvalue weighted by atomic mass is 16.5. The molecule has 1 aromatic heterocycles. The molecule has 36 heavy (non-hydrogen) atoms. The Kier molecular flexibility index (Phi) is 5.41. The predicted molar refractivity (Wildman–Crippen MR) is 133 cm³/mol. The first kappa shape index (κ1) is 22.5. The number of likely N-dealkylation sites (tertiary alicyclic amines) is 1. The van der Waals surface area contributed by atoms with E-state index in [2.05, 4.69) is 16.4 Å². The van der Waals surface area contributed by atoms with Crippen LogP contribution in [0.25, 0.3) is 10.9 Å². The van der Waals surface area contributed by atoms with Gasteiger partial charge in [0.05, 0.1) is 36.7 Å². The summed E-state index contributed by atoms with van der Waals surface area (Å²) < 4.78 is 11.3. The van der Waals surface area contributed by atoms with Crippen LogP contribution >= 0.6 is 0 Å². The number of H-pyrrole nitrogens is 1. The third-order valence-electron chi connectivity index (χ3n) is 7.45. The van der Waals surface area contributed by atoms with Crippen molar-refractivity contribution in [2.24, 2.45) is 11.8 Å². The second kappa shape index (κ2) is 8.64. The van der Waals surface area contributed by atoms with Gasteiger partial charge in [-0.05, 0) is 43.2 Å². The summed E-state index contributed by atoms with van der Waals surface area (Å²) in [4.78, 5) is 44.1. The number of aromatic nitrogens is 1. The van der Waals surface area contributed by atoms with Crippen LogP contribution in [0.2, 0.25) is 0 Å². The van der Waals surface area contributed by atoms with Crippen molar-refractivity contribution in [1.29, 1.82) is 0 Å². The summed E-state index contributed by atoms with van der Waals surface area (Å²) in [6.07, 6.45) is 6.11. The fourth-order valence-electron chi connectivity index (χ4n) is 5.82. The van der Waals surface area contributed by atoms with E-state index in [4.69, 9.17) is 9.47 Å². The smallest absolute Gasteiger partial charge is 0.338 e. The molecule has 0 saturated carbocycles. The molecular weight excluding hydrogens is 458 g/mol. The summed E-state index contributed by atoms with van der Waals surface area (Å²) in [5.41, 5.74) is 2.30. The minimum atomic E-state index is -0.767. The van der Waals surface area contributed by atoms with Crippen LogP contribution in [-0.4, -0.2) is 59.1 Å². The molecule has 3 aromatic rings. The zero-order chi connectivity index (χ0) is 24.9. The van der Waals surface area contributed by atoms with Crippen molar-refractivity contribution in [3.05, 3.63) is 78.0 Å². The molecule has 3 aliphatic rings. The van der Waals surface area contributed by atoms with Crippen LogP contribution in [0.15, 0.2) is 66.9 Å². The number of ether oxygens (including phenoxy) is 2. The Morgan fingerprint density at radius 1 is 1.22 bits per heavy atom. The van der Waals surface area contributed by atoms with Gasteiger partial charge in [-0.2, -0.15) is 0 Å². The second-order valence-corrected chi connectivity index (χ2v) is 9.56. The summed E-state index contributed by atoms with van der Waals surface area (Å²) in [7, 11) is 0. The largest absolute Gasteiger partial charge is 0.462 e. The van der Waals surface area contributed by atoms with Gasteiger partial charge < -0.3 is 24.7 Å². The highest BCUT2D eigenvalue weighted by Crippen LogP contribution is 2.52. The summed E-state index contributed by atoms with van der Waals surface area (Å²) in [6.45, 7) is 3.00. The third-order valence-corrected chi connectivity index (χ3v) is 7.45. The maximum Gasteiger partial charge on any atom is 0.338 e. The molecule has 2 saturated heterocycles. The van der Waals surface area contributed by atoms with Crippen LogP contribution in [-0.2, 0) is 25.5 Å². The third kappa shape index (κ3) is 3.60. The van der Waals surface area contributed by atoms with Crippen molar-refractivity contribution in [3.63, 3.8) is 0 Å². The van der Waals surface area contributed by atoms with E-state index >= 15 is 0 Å². The van der Waals surface area contributed by atoms with Gasteiger partial charge in [0.1, 0.15) is 5.60 Å². The van der Waals surface area contributed by atoms with E-state index in [0.717, 1.165) is 16.5 Å². The molecule has 0 radical (unpaired) electrons. The van der Waals surface area contributed by atoms with E-state index in [1.807, 2.05) is 41.4 Å². The molecule has 2 amide bonds. The Morgan fingerprint density at radius 3 is 2.94 bits per heavy atom. The van der Waals surface area contributed by atoms with Crippen LogP contribution in [0, 0.1) is 11.8 Å². The van der Waals surface area contributed by atoms with Gasteiger partial charge in [0.25, 0.3) is 0 Å². The molecule has 4 atom stereocenters. The van der Waals surface area contributed by atoms with Crippen LogP contribution in [0.5, 0.6) is 0 Å². The van der Waals surface area contributed by atoms with E-state index < -0.39 is 29.5 Å². The molecule has 184 valence electrons. The first-order valence-corrected chi connectivity index (χ1v) is 12.3. The second-order valence-electron chi connectivity index (χ2n) is 9.56. The van der Waals surface area contributed by atoms with Crippen LogP contribution < -0.4 is 5.32 Å². The SMILES string of the molecule is CCOC(=O)c1cccc(NC(=O)C2C3C(=O)N(CCc4c[nH]c5ccccc45)CC34C=C[C@H]2O4)c1. The van der Waals surface area contributed by atoms with Crippen LogP contribution in [0.1, 0.15) is 22.8 Å². The minimum absolute atomic E-state index is 0.0536. The van der Waals surface area contributed by atoms with Gasteiger partial charge in [0.2, 0.25) is 11.8 Å². The topological polar surface area (TPSA) is 101 Å². The summed E-state index contributed by atoms with van der Waals surface area (Å²) in [5.74, 6) is -1.99. The quantitative estimate of drug-likeness (QED) is 0.395. The molecule has 6 rings (SSSR count). The first-order valence-electron chi connectivity index (χ1n) is 12.3. The standard InChI is InChI=1S/C28H27N3O5/c1-2-35-27(34)17-6-5-7-19(14-17)30-25(32)23-22-10-12-28(36-22)16-31(26(33)24(23)28)13-11-18-15-29-21-9-4-3-8-20(18)21/h3-10,12,14-15,22-24,29H,2,11,13,16H2,1H3,(H,30,32)/t22-,23?,24?,28?/m1/s1. The van der Waals surface area contributed by atoms with Crippen molar-refractivity contribution < 1.29 is 23.9 Å². The Bertz CT molecular complexity index is 1390. The fraction of sp³-hybridized carbons (Fsp3) is 0.321. The minimum Gasteiger partial charge on any atom is -0.462 e. The molecule has 3 unspecified atom stereocenters. The van der Waals surface area contributed by atoms with Crippen molar-refractivity contribution in [2.45, 2.75) is 25.0 Å². The van der Waals surface area contributed by atoms with Crippen molar-refractivity contribution in [2.75, 3.05) is 25.0 Å². The molecule has 8 nitrogen and oxygen atoms in total. The molecule has 2 aromatic carbocycles. The van der Waals surface area contributed by atoms with E-state index in [-0.39, 0.29) is 18.4 Å². The van der Waals surface area contributed by atoms with Gasteiger partial charge in [-0.15, -0.1) is 0 Å². The number of hydrogen-bond donors (Lipinski definition) is 2. The number of hydrogen-bond acceptors (Lipinski definition) is 5. The summed E-state index contributed by atoms with van der Waals surface area (Å²) >= 11 is 0. The average Bonchev–Trinajstić information content (AvgIpc) is 3.63. The van der Waals surface area contributed by atoms with Gasteiger partial charge >= 0.3 is 5.97 Å². The maximum absolute atomic E-state index is 13.5. The number of carbonyl (C=O) groups excluding carboxylic acids is 3. The van der Waals surface area contributed by atoms with Gasteiger partial charge in [0, 0.05) is 29.3 Å². The molecule has 2 N–H and O–H groups in total. The normalized spacial score (nSPS) is 26.0. The Morgan fingerprint density at radius 2 is 2.08 bits per heavy atom. The lowest BCUT2D eigenvalue weighted by Crippen LogP contribution is -2.41. The number of para-hydroxylation sites is 1. The number of carbonyl (C=O) groups is 3. The van der Waals surface area contributed by atoms with E-state index in [1.165, 1.54) is 0 Å². The molecule has 2 bridgehead atoms. The highest BCUT2D eigenvalue weighted by molar-refractivity contribution is 6.00. The number of anilines is 1. The highest BCUT2D eigenvalue weighted by Gasteiger charge is 2.66. The van der Waals surface area contributed by atoms with Crippen LogP contribution in [0.3, 0.4) is 0 Å². The molecule has 4 heterocycles. The molecule has 2 fully saturated rings. The lowest BCUT2D eigenvalue weighted by atomic mass is 9.76. The van der Waals surface area contributed by atoms with Crippen LogP contribution in [0.4, 0.5) is 5.69 Å². The number of benzene rings is 2. The molecule has 1 spiro atoms. The van der Waals surface area contributed by atoms with Crippen molar-refractivity contribution >= 4 is 34.4 Å². The Balaban J connectivity index is 1.17. The molecule has 3 aliphatic heterocycles. The number of rotatable bonds is 7. The zero-order valence-electron chi connectivity index (χ0n) is 19.9. The number of amides is 2. The number of esters is 1. The van der Waals surface area contributed by atoms with E-state index in [0.29, 0.717) is 30.8 Å². The number of nitrogens with one attached hydrogen (secondary N) is 2. The van der Waals surface area contributed by atoms with Crippen molar-refractivity contribution in [3.8, 4) is 0 Å². The first-order chi connectivity index (χ1) is 17.5. The monoisotopic (exact) mass is 485 g/mol. The Labute approximate surface area is 208 Å². The van der Waals surface area contributed by atoms with Gasteiger partial charge in [-0.25, -0.2) is 4.79 Å². The Hall–Kier alpha value is -3.91. The van der Waals surface area contributed by atoms with Gasteiger partial charge in [-0.1, -0.05) is 36.4 Å². The molecule has 0 aliphatic carbocycles. The van der Waals surface area contributed by atoms with E-state index in [1.54, 1.807) is 31.2 Å². The predicted octanol–water partition coefficient (Wildman–Crippen LogP) is 3.31. The van der Waals surface area contributed by atoms with Gasteiger partial charge in [0.15, 0.2) is 0 Å². The summed E-state index contributed by atoms with van der Waals surface area (Å²) in [5, 5.41) is 4.04. The number of aromatic amines is 1.